The van der Waals surface area contributed by atoms with Crippen molar-refractivity contribution in [1.29, 1.82) is 0 Å². The van der Waals surface area contributed by atoms with E-state index in [4.69, 9.17) is 15.2 Å². The summed E-state index contributed by atoms with van der Waals surface area (Å²) >= 11 is 0. The number of nitrogen functional groups attached to an aromatic ring is 1. The van der Waals surface area contributed by atoms with E-state index in [0.717, 1.165) is 0 Å². The number of halogens is 2. The molecule has 1 saturated heterocycles. The van der Waals surface area contributed by atoms with Crippen molar-refractivity contribution < 1.29 is 28.5 Å². The Kier molecular flexibility index (Phi) is 4.84. The molecule has 1 saturated carbocycles. The van der Waals surface area contributed by atoms with Crippen molar-refractivity contribution in [2.45, 2.75) is 63.1 Å². The number of hydrogen-bond acceptors (Lipinski definition) is 8. The summed E-state index contributed by atoms with van der Waals surface area (Å²) in [7, 11) is 0. The number of nitrogens with two attached hydrogens (primary N) is 1. The third-order valence-electron chi connectivity index (χ3n) is 5.46. The van der Waals surface area contributed by atoms with Gasteiger partial charge in [0.05, 0.1) is 19.0 Å². The highest BCUT2D eigenvalue weighted by atomic mass is 19.3. The molecule has 2 aliphatic rings. The molecule has 4 atom stereocenters. The lowest BCUT2D eigenvalue weighted by atomic mass is 9.87. The minimum atomic E-state index is -2.59. The number of aromatic nitrogens is 4. The molecule has 0 amide bonds. The van der Waals surface area contributed by atoms with Crippen LogP contribution in [0.5, 0.6) is 6.01 Å². The fourth-order valence-corrected chi connectivity index (χ4v) is 3.68. The van der Waals surface area contributed by atoms with Crippen molar-refractivity contribution in [3.8, 4) is 6.01 Å². The van der Waals surface area contributed by atoms with Gasteiger partial charge in [0.25, 0.3) is 0 Å². The second kappa shape index (κ2) is 7.05. The summed E-state index contributed by atoms with van der Waals surface area (Å²) in [5, 5.41) is 20.2. The van der Waals surface area contributed by atoms with Crippen LogP contribution in [0.25, 0.3) is 11.2 Å². The number of fused-ring (bicyclic) bond motifs is 1. The lowest BCUT2D eigenvalue weighted by Gasteiger charge is -2.27. The van der Waals surface area contributed by atoms with Crippen LogP contribution in [0, 0.1) is 5.92 Å². The first kappa shape index (κ1) is 19.2. The third kappa shape index (κ3) is 3.49. The fourth-order valence-electron chi connectivity index (χ4n) is 3.68. The Morgan fingerprint density at radius 3 is 2.64 bits per heavy atom. The summed E-state index contributed by atoms with van der Waals surface area (Å²) < 4.78 is 39.2. The van der Waals surface area contributed by atoms with Gasteiger partial charge in [-0.2, -0.15) is 9.97 Å². The second-order valence-electron chi connectivity index (χ2n) is 7.54. The minimum Gasteiger partial charge on any atom is -0.463 e. The third-order valence-corrected chi connectivity index (χ3v) is 5.46. The van der Waals surface area contributed by atoms with E-state index in [1.807, 2.05) is 0 Å². The number of alkyl halides is 2. The summed E-state index contributed by atoms with van der Waals surface area (Å²) in [6, 6.07) is 0.00478. The number of imidazole rings is 1. The largest absolute Gasteiger partial charge is 0.463 e. The van der Waals surface area contributed by atoms with Gasteiger partial charge in [-0.15, -0.1) is 0 Å². The van der Waals surface area contributed by atoms with Gasteiger partial charge in [0, 0.05) is 12.8 Å². The van der Waals surface area contributed by atoms with Crippen LogP contribution < -0.4 is 10.5 Å². The fraction of sp³-hybridized carbons (Fsp3) is 0.706. The van der Waals surface area contributed by atoms with E-state index in [9.17, 15) is 19.0 Å². The van der Waals surface area contributed by atoms with Crippen molar-refractivity contribution in [2.75, 3.05) is 12.3 Å². The predicted molar refractivity (Wildman–Crippen MR) is 93.7 cm³/mol. The molecule has 154 valence electrons. The average Bonchev–Trinajstić information content (AvgIpc) is 3.18. The Morgan fingerprint density at radius 2 is 2.00 bits per heavy atom. The van der Waals surface area contributed by atoms with Crippen molar-refractivity contribution in [3.63, 3.8) is 0 Å². The highest BCUT2D eigenvalue weighted by molar-refractivity contribution is 5.82. The van der Waals surface area contributed by atoms with Crippen molar-refractivity contribution in [1.82, 2.24) is 19.5 Å². The van der Waals surface area contributed by atoms with E-state index in [1.165, 1.54) is 10.9 Å². The lowest BCUT2D eigenvalue weighted by molar-refractivity contribution is -0.0501. The Balaban J connectivity index is 1.53. The highest BCUT2D eigenvalue weighted by Crippen LogP contribution is 2.36. The molecule has 2 aromatic rings. The van der Waals surface area contributed by atoms with E-state index in [-0.39, 0.29) is 37.2 Å². The highest BCUT2D eigenvalue weighted by Gasteiger charge is 2.42. The van der Waals surface area contributed by atoms with Crippen LogP contribution in [-0.2, 0) is 4.74 Å². The van der Waals surface area contributed by atoms with Gasteiger partial charge in [-0.3, -0.25) is 4.57 Å². The number of anilines is 1. The van der Waals surface area contributed by atoms with E-state index in [1.54, 1.807) is 6.92 Å². The Hall–Kier alpha value is -2.11. The molecule has 0 spiro atoms. The molecule has 3 heterocycles. The molecule has 2 fully saturated rings. The molecule has 9 nitrogen and oxygen atoms in total. The zero-order valence-electron chi connectivity index (χ0n) is 15.3. The Bertz CT molecular complexity index is 853. The monoisotopic (exact) mass is 399 g/mol. The first-order valence-corrected chi connectivity index (χ1v) is 9.27. The van der Waals surface area contributed by atoms with Gasteiger partial charge in [0.1, 0.15) is 12.2 Å². The van der Waals surface area contributed by atoms with Crippen LogP contribution in [-0.4, -0.2) is 60.6 Å². The smallest absolute Gasteiger partial charge is 0.320 e. The van der Waals surface area contributed by atoms with Crippen LogP contribution in [0.4, 0.5) is 14.6 Å². The van der Waals surface area contributed by atoms with Gasteiger partial charge in [0.2, 0.25) is 5.92 Å². The van der Waals surface area contributed by atoms with Gasteiger partial charge >= 0.3 is 6.01 Å². The second-order valence-corrected chi connectivity index (χ2v) is 7.54. The number of ether oxygens (including phenoxy) is 2. The van der Waals surface area contributed by atoms with Crippen LogP contribution in [0.1, 0.15) is 38.8 Å². The molecule has 0 unspecified atom stereocenters. The SMILES string of the molecule is C[C@H]1O[C@@H](n2cnc3c(N)nc(OCC4CCC(F)(F)CC4)nc32)[C@H](O)[C@@H]1O. The molecule has 0 aromatic carbocycles. The van der Waals surface area contributed by atoms with Crippen LogP contribution >= 0.6 is 0 Å². The predicted octanol–water partition coefficient (Wildman–Crippen LogP) is 1.25. The molecule has 2 aromatic heterocycles. The van der Waals surface area contributed by atoms with Gasteiger partial charge in [-0.25, -0.2) is 13.8 Å². The standard InChI is InChI=1S/C17H23F2N5O4/c1-8-11(25)12(26)15(28-8)24-7-21-10-13(20)22-16(23-14(10)24)27-6-9-2-4-17(18,19)5-3-9/h7-9,11-12,15,25-26H,2-6H2,1H3,(H2,20,22,23)/t8-,11-,12-,15-/m1/s1. The molecular weight excluding hydrogens is 376 g/mol. The normalized spacial score (nSPS) is 30.8. The average molecular weight is 399 g/mol. The molecule has 28 heavy (non-hydrogen) atoms. The molecule has 11 heteroatoms. The van der Waals surface area contributed by atoms with Gasteiger partial charge in [0.15, 0.2) is 23.2 Å². The minimum absolute atomic E-state index is 0.000964. The summed E-state index contributed by atoms with van der Waals surface area (Å²) in [6.07, 6.45) is -1.77. The first-order chi connectivity index (χ1) is 13.2. The lowest BCUT2D eigenvalue weighted by Crippen LogP contribution is -2.30. The number of rotatable bonds is 4. The van der Waals surface area contributed by atoms with Crippen LogP contribution in [0.15, 0.2) is 6.33 Å². The molecule has 1 aliphatic carbocycles. The van der Waals surface area contributed by atoms with E-state index < -0.39 is 30.5 Å². The summed E-state index contributed by atoms with van der Waals surface area (Å²) in [5.41, 5.74) is 6.55. The Morgan fingerprint density at radius 1 is 1.29 bits per heavy atom. The molecular formula is C17H23F2N5O4. The topological polar surface area (TPSA) is 129 Å². The van der Waals surface area contributed by atoms with Crippen LogP contribution in [0.3, 0.4) is 0 Å². The van der Waals surface area contributed by atoms with Crippen molar-refractivity contribution in [3.05, 3.63) is 6.33 Å². The Labute approximate surface area is 159 Å². The molecule has 1 aliphatic heterocycles. The number of aliphatic hydroxyl groups excluding tert-OH is 2. The number of hydrogen-bond donors (Lipinski definition) is 3. The maximum Gasteiger partial charge on any atom is 0.320 e. The van der Waals surface area contributed by atoms with Gasteiger partial charge in [-0.1, -0.05) is 0 Å². The molecule has 4 rings (SSSR count). The number of nitrogens with zero attached hydrogens (tertiary/aromatic N) is 4. The zero-order valence-corrected chi connectivity index (χ0v) is 15.3. The molecule has 4 N–H and O–H groups in total. The number of aliphatic hydroxyl groups is 2. The molecule has 0 radical (unpaired) electrons. The summed E-state index contributed by atoms with van der Waals surface area (Å²) in [5.74, 6) is -2.50. The summed E-state index contributed by atoms with van der Waals surface area (Å²) in [6.45, 7) is 1.87. The maximum absolute atomic E-state index is 13.3. The maximum atomic E-state index is 13.3. The zero-order chi connectivity index (χ0) is 20.1. The van der Waals surface area contributed by atoms with Gasteiger partial charge < -0.3 is 25.4 Å². The van der Waals surface area contributed by atoms with Crippen molar-refractivity contribution >= 4 is 17.0 Å². The quantitative estimate of drug-likeness (QED) is 0.701. The van der Waals surface area contributed by atoms with Gasteiger partial charge in [-0.05, 0) is 25.7 Å². The van der Waals surface area contributed by atoms with E-state index in [0.29, 0.717) is 24.0 Å². The van der Waals surface area contributed by atoms with E-state index >= 15 is 0 Å². The van der Waals surface area contributed by atoms with Crippen molar-refractivity contribution in [2.24, 2.45) is 5.92 Å². The molecule has 0 bridgehead atoms. The summed E-state index contributed by atoms with van der Waals surface area (Å²) in [4.78, 5) is 12.5. The van der Waals surface area contributed by atoms with Crippen LogP contribution in [0.2, 0.25) is 0 Å². The first-order valence-electron chi connectivity index (χ1n) is 9.27. The van der Waals surface area contributed by atoms with E-state index in [2.05, 4.69) is 15.0 Å².